The monoisotopic (exact) mass is 452 g/mol. The highest BCUT2D eigenvalue weighted by atomic mass is 19.1. The Morgan fingerprint density at radius 1 is 1.06 bits per heavy atom. The predicted molar refractivity (Wildman–Crippen MR) is 126 cm³/mol. The number of methoxy groups -OCH3 is 1. The molecule has 2 aromatic carbocycles. The molecule has 1 aliphatic heterocycles. The van der Waals surface area contributed by atoms with Gasteiger partial charge in [0, 0.05) is 31.1 Å². The molecule has 0 spiro atoms. The Morgan fingerprint density at radius 3 is 2.55 bits per heavy atom. The fraction of sp³-hybridized carbons (Fsp3) is 0.440. The van der Waals surface area contributed by atoms with Crippen LogP contribution in [0.2, 0.25) is 0 Å². The summed E-state index contributed by atoms with van der Waals surface area (Å²) < 4.78 is 30.8. The Balaban J connectivity index is 1.51. The molecule has 1 N–H and O–H groups in total. The summed E-state index contributed by atoms with van der Waals surface area (Å²) in [5.74, 6) is 2.52. The van der Waals surface area contributed by atoms with Crippen molar-refractivity contribution in [1.82, 2.24) is 9.97 Å². The molecule has 33 heavy (non-hydrogen) atoms. The van der Waals surface area contributed by atoms with E-state index in [2.05, 4.69) is 10.2 Å². The summed E-state index contributed by atoms with van der Waals surface area (Å²) in [7, 11) is 1.66. The third-order valence-corrected chi connectivity index (χ3v) is 6.23. The Bertz CT molecular complexity index is 1100. The molecule has 7 nitrogen and oxygen atoms in total. The summed E-state index contributed by atoms with van der Waals surface area (Å²) in [6.45, 7) is 3.32. The number of aromatic nitrogens is 2. The molecule has 1 saturated carbocycles. The third kappa shape index (κ3) is 4.95. The van der Waals surface area contributed by atoms with Crippen LogP contribution in [0.15, 0.2) is 36.4 Å². The normalized spacial score (nSPS) is 16.8. The van der Waals surface area contributed by atoms with E-state index in [1.807, 2.05) is 12.1 Å². The zero-order valence-electron chi connectivity index (χ0n) is 18.8. The molecule has 1 saturated heterocycles. The molecule has 1 aliphatic carbocycles. The molecule has 0 amide bonds. The lowest BCUT2D eigenvalue weighted by Gasteiger charge is -2.29. The van der Waals surface area contributed by atoms with Gasteiger partial charge in [-0.05, 0) is 49.4 Å². The number of nitrogens with one attached hydrogen (secondary N) is 1. The van der Waals surface area contributed by atoms with Gasteiger partial charge in [-0.25, -0.2) is 9.37 Å². The van der Waals surface area contributed by atoms with Crippen molar-refractivity contribution < 1.29 is 18.6 Å². The lowest BCUT2D eigenvalue weighted by atomic mass is 10.2. The van der Waals surface area contributed by atoms with Gasteiger partial charge in [-0.1, -0.05) is 12.1 Å². The number of anilines is 2. The van der Waals surface area contributed by atoms with Crippen LogP contribution in [0.1, 0.15) is 31.2 Å². The van der Waals surface area contributed by atoms with Gasteiger partial charge in [0.15, 0.2) is 11.5 Å². The van der Waals surface area contributed by atoms with Crippen molar-refractivity contribution in [3.63, 3.8) is 0 Å². The number of ether oxygens (including phenoxy) is 3. The van der Waals surface area contributed by atoms with Crippen LogP contribution < -0.4 is 19.7 Å². The standard InChI is InChI=1S/C25H29FN4O3/c1-31-22-14-20-21(15-23(22)33-19-4-2-3-5-19)28-25(27-16-17-6-8-18(26)9-7-17)29-24(20)30-10-12-32-13-11-30/h6-9,14-15,19H,2-5,10-13,16H2,1H3,(H,27,28,29). The molecule has 5 rings (SSSR count). The highest BCUT2D eigenvalue weighted by Crippen LogP contribution is 2.38. The van der Waals surface area contributed by atoms with Crippen molar-refractivity contribution in [2.75, 3.05) is 43.6 Å². The van der Waals surface area contributed by atoms with Crippen LogP contribution in [0.3, 0.4) is 0 Å². The quantitative estimate of drug-likeness (QED) is 0.564. The lowest BCUT2D eigenvalue weighted by Crippen LogP contribution is -2.37. The van der Waals surface area contributed by atoms with Gasteiger partial charge in [0.05, 0.1) is 31.9 Å². The SMILES string of the molecule is COc1cc2c(N3CCOCC3)nc(NCc3ccc(F)cc3)nc2cc1OC1CCCC1. The fourth-order valence-corrected chi connectivity index (χ4v) is 4.44. The van der Waals surface area contributed by atoms with E-state index in [1.54, 1.807) is 19.2 Å². The van der Waals surface area contributed by atoms with Gasteiger partial charge in [0.2, 0.25) is 5.95 Å². The minimum absolute atomic E-state index is 0.216. The summed E-state index contributed by atoms with van der Waals surface area (Å²) in [5.41, 5.74) is 1.75. The van der Waals surface area contributed by atoms with Gasteiger partial charge in [0.25, 0.3) is 0 Å². The van der Waals surface area contributed by atoms with E-state index in [0.717, 1.165) is 48.2 Å². The van der Waals surface area contributed by atoms with E-state index in [0.29, 0.717) is 37.2 Å². The average Bonchev–Trinajstić information content (AvgIpc) is 3.36. The third-order valence-electron chi connectivity index (χ3n) is 6.23. The van der Waals surface area contributed by atoms with Crippen molar-refractivity contribution in [3.05, 3.63) is 47.8 Å². The van der Waals surface area contributed by atoms with Crippen molar-refractivity contribution in [2.45, 2.75) is 38.3 Å². The summed E-state index contributed by atoms with van der Waals surface area (Å²) in [4.78, 5) is 11.8. The summed E-state index contributed by atoms with van der Waals surface area (Å²) in [6.07, 6.45) is 4.74. The van der Waals surface area contributed by atoms with Crippen molar-refractivity contribution in [1.29, 1.82) is 0 Å². The van der Waals surface area contributed by atoms with Crippen molar-refractivity contribution >= 4 is 22.7 Å². The Morgan fingerprint density at radius 2 is 1.82 bits per heavy atom. The molecule has 2 heterocycles. The number of rotatable bonds is 7. The first-order valence-corrected chi connectivity index (χ1v) is 11.6. The zero-order valence-corrected chi connectivity index (χ0v) is 18.8. The van der Waals surface area contributed by atoms with E-state index in [1.165, 1.54) is 25.0 Å². The lowest BCUT2D eigenvalue weighted by molar-refractivity contribution is 0.122. The van der Waals surface area contributed by atoms with Crippen LogP contribution in [0.5, 0.6) is 11.5 Å². The van der Waals surface area contributed by atoms with Crippen LogP contribution in [0.25, 0.3) is 10.9 Å². The smallest absolute Gasteiger partial charge is 0.225 e. The second-order valence-electron chi connectivity index (χ2n) is 8.49. The molecular formula is C25H29FN4O3. The molecule has 0 radical (unpaired) electrons. The van der Waals surface area contributed by atoms with E-state index in [9.17, 15) is 4.39 Å². The maximum Gasteiger partial charge on any atom is 0.225 e. The maximum absolute atomic E-state index is 13.2. The van der Waals surface area contributed by atoms with Crippen LogP contribution >= 0.6 is 0 Å². The van der Waals surface area contributed by atoms with Gasteiger partial charge >= 0.3 is 0 Å². The van der Waals surface area contributed by atoms with Gasteiger partial charge in [-0.2, -0.15) is 4.98 Å². The maximum atomic E-state index is 13.2. The number of hydrogen-bond donors (Lipinski definition) is 1. The molecule has 174 valence electrons. The highest BCUT2D eigenvalue weighted by Gasteiger charge is 2.22. The predicted octanol–water partition coefficient (Wildman–Crippen LogP) is 4.55. The van der Waals surface area contributed by atoms with Crippen molar-refractivity contribution in [2.24, 2.45) is 0 Å². The van der Waals surface area contributed by atoms with Crippen LogP contribution in [-0.4, -0.2) is 49.5 Å². The first kappa shape index (κ1) is 21.7. The first-order valence-electron chi connectivity index (χ1n) is 11.6. The number of morpholine rings is 1. The van der Waals surface area contributed by atoms with Gasteiger partial charge in [0.1, 0.15) is 11.6 Å². The van der Waals surface area contributed by atoms with E-state index < -0.39 is 0 Å². The van der Waals surface area contributed by atoms with Crippen LogP contribution in [0.4, 0.5) is 16.2 Å². The number of fused-ring (bicyclic) bond motifs is 1. The molecule has 2 aliphatic rings. The molecule has 3 aromatic rings. The van der Waals surface area contributed by atoms with Crippen LogP contribution in [0, 0.1) is 5.82 Å². The second kappa shape index (κ2) is 9.79. The average molecular weight is 453 g/mol. The first-order chi connectivity index (χ1) is 16.2. The van der Waals surface area contributed by atoms with Crippen molar-refractivity contribution in [3.8, 4) is 11.5 Å². The molecule has 0 bridgehead atoms. The molecule has 0 atom stereocenters. The molecule has 8 heteroatoms. The largest absolute Gasteiger partial charge is 0.493 e. The van der Waals surface area contributed by atoms with Gasteiger partial charge < -0.3 is 24.4 Å². The highest BCUT2D eigenvalue weighted by molar-refractivity contribution is 5.93. The molecule has 1 aromatic heterocycles. The summed E-state index contributed by atoms with van der Waals surface area (Å²) in [6, 6.07) is 10.4. The topological polar surface area (TPSA) is 68.7 Å². The second-order valence-corrected chi connectivity index (χ2v) is 8.49. The number of nitrogens with zero attached hydrogens (tertiary/aromatic N) is 3. The van der Waals surface area contributed by atoms with E-state index in [-0.39, 0.29) is 11.9 Å². The van der Waals surface area contributed by atoms with Gasteiger partial charge in [-0.3, -0.25) is 0 Å². The van der Waals surface area contributed by atoms with Gasteiger partial charge in [-0.15, -0.1) is 0 Å². The molecular weight excluding hydrogens is 423 g/mol. The zero-order chi connectivity index (χ0) is 22.6. The van der Waals surface area contributed by atoms with E-state index in [4.69, 9.17) is 24.2 Å². The minimum Gasteiger partial charge on any atom is -0.493 e. The molecule has 2 fully saturated rings. The summed E-state index contributed by atoms with van der Waals surface area (Å²) >= 11 is 0. The Labute approximate surface area is 192 Å². The Hall–Kier alpha value is -3.13. The number of hydrogen-bond acceptors (Lipinski definition) is 7. The number of halogens is 1. The van der Waals surface area contributed by atoms with Crippen LogP contribution in [-0.2, 0) is 11.3 Å². The molecule has 0 unspecified atom stereocenters. The number of benzene rings is 2. The fourth-order valence-electron chi connectivity index (χ4n) is 4.44. The Kier molecular flexibility index (Phi) is 6.44. The van der Waals surface area contributed by atoms with E-state index >= 15 is 0 Å². The minimum atomic E-state index is -0.251. The summed E-state index contributed by atoms with van der Waals surface area (Å²) in [5, 5.41) is 4.22.